The van der Waals surface area contributed by atoms with E-state index in [1.165, 1.54) is 15.8 Å². The predicted octanol–water partition coefficient (Wildman–Crippen LogP) is 5.04. The van der Waals surface area contributed by atoms with E-state index < -0.39 is 0 Å². The summed E-state index contributed by atoms with van der Waals surface area (Å²) in [7, 11) is 1.55. The minimum absolute atomic E-state index is 0.377. The van der Waals surface area contributed by atoms with Crippen molar-refractivity contribution in [2.45, 2.75) is 20.8 Å². The van der Waals surface area contributed by atoms with E-state index in [1.54, 1.807) is 24.5 Å². The second kappa shape index (κ2) is 5.76. The molecule has 0 saturated heterocycles. The first-order valence-electron chi connectivity index (χ1n) is 5.97. The summed E-state index contributed by atoms with van der Waals surface area (Å²) in [5.41, 5.74) is 4.58. The van der Waals surface area contributed by atoms with Crippen molar-refractivity contribution in [1.82, 2.24) is 4.98 Å². The minimum Gasteiger partial charge on any atom is -0.486 e. The Morgan fingerprint density at radius 1 is 1.32 bits per heavy atom. The topological polar surface area (TPSA) is 22.1 Å². The Bertz CT molecular complexity index is 631. The van der Waals surface area contributed by atoms with Crippen LogP contribution >= 0.6 is 22.9 Å². The maximum atomic E-state index is 5.84. The van der Waals surface area contributed by atoms with Crippen LogP contribution in [0.4, 0.5) is 0 Å². The highest BCUT2D eigenvalue weighted by Crippen LogP contribution is 2.29. The third-order valence-electron chi connectivity index (χ3n) is 2.85. The zero-order valence-corrected chi connectivity index (χ0v) is 13.0. The normalized spacial score (nSPS) is 13.1. The van der Waals surface area contributed by atoms with Crippen molar-refractivity contribution in [3.05, 3.63) is 45.1 Å². The van der Waals surface area contributed by atoms with Gasteiger partial charge in [0, 0.05) is 0 Å². The van der Waals surface area contributed by atoms with Gasteiger partial charge < -0.3 is 4.74 Å². The number of aryl methyl sites for hydroxylation is 2. The third kappa shape index (κ3) is 3.17. The lowest BCUT2D eigenvalue weighted by Gasteiger charge is -1.96. The van der Waals surface area contributed by atoms with E-state index >= 15 is 0 Å². The summed E-state index contributed by atoms with van der Waals surface area (Å²) in [6, 6.07) is 4.25. The molecule has 1 aromatic heterocycles. The van der Waals surface area contributed by atoms with Crippen molar-refractivity contribution in [2.24, 2.45) is 0 Å². The number of allylic oxidation sites excluding steroid dienone is 2. The maximum absolute atomic E-state index is 5.84. The molecule has 0 unspecified atom stereocenters. The van der Waals surface area contributed by atoms with E-state index in [2.05, 4.69) is 31.0 Å². The Labute approximate surface area is 122 Å². The van der Waals surface area contributed by atoms with Crippen LogP contribution in [0.15, 0.2) is 29.0 Å². The van der Waals surface area contributed by atoms with Gasteiger partial charge in [0.1, 0.15) is 5.01 Å². The van der Waals surface area contributed by atoms with Crippen molar-refractivity contribution in [3.63, 3.8) is 0 Å². The van der Waals surface area contributed by atoms with Gasteiger partial charge in [0.05, 0.1) is 17.3 Å². The summed E-state index contributed by atoms with van der Waals surface area (Å²) >= 11 is 7.54. The highest BCUT2D eigenvalue weighted by atomic mass is 35.5. The first kappa shape index (κ1) is 14.1. The molecule has 0 N–H and O–H groups in total. The number of aromatic nitrogens is 1. The summed E-state index contributed by atoms with van der Waals surface area (Å²) in [5, 5.41) is 1.36. The van der Waals surface area contributed by atoms with Crippen LogP contribution in [0, 0.1) is 13.8 Å². The first-order chi connectivity index (χ1) is 9.01. The molecule has 0 fully saturated rings. The van der Waals surface area contributed by atoms with E-state index in [0.717, 1.165) is 16.1 Å². The van der Waals surface area contributed by atoms with E-state index in [4.69, 9.17) is 16.3 Å². The third-order valence-corrected chi connectivity index (χ3v) is 4.25. The van der Waals surface area contributed by atoms with Crippen LogP contribution in [-0.2, 0) is 4.74 Å². The van der Waals surface area contributed by atoms with Gasteiger partial charge in [0.25, 0.3) is 0 Å². The van der Waals surface area contributed by atoms with Crippen molar-refractivity contribution >= 4 is 39.2 Å². The molecule has 0 amide bonds. The fourth-order valence-electron chi connectivity index (χ4n) is 1.81. The first-order valence-corrected chi connectivity index (χ1v) is 7.17. The van der Waals surface area contributed by atoms with Gasteiger partial charge in [-0.05, 0) is 61.2 Å². The molecule has 0 aliphatic rings. The van der Waals surface area contributed by atoms with Crippen LogP contribution < -0.4 is 0 Å². The molecule has 2 rings (SSSR count). The van der Waals surface area contributed by atoms with E-state index in [0.29, 0.717) is 5.22 Å². The quantitative estimate of drug-likeness (QED) is 0.584. The van der Waals surface area contributed by atoms with Crippen LogP contribution in [0.25, 0.3) is 16.3 Å². The summed E-state index contributed by atoms with van der Waals surface area (Å²) in [4.78, 5) is 4.68. The van der Waals surface area contributed by atoms with Gasteiger partial charge in [-0.2, -0.15) is 0 Å². The molecule has 100 valence electrons. The zero-order chi connectivity index (χ0) is 14.0. The van der Waals surface area contributed by atoms with E-state index in [1.807, 2.05) is 13.0 Å². The zero-order valence-electron chi connectivity index (χ0n) is 11.5. The van der Waals surface area contributed by atoms with Gasteiger partial charge >= 0.3 is 0 Å². The molecule has 0 atom stereocenters. The molecular formula is C15H16ClNOS. The molecule has 0 radical (unpaired) electrons. The lowest BCUT2D eigenvalue weighted by molar-refractivity contribution is 0.321. The minimum atomic E-state index is 0.377. The number of hydrogen-bond donors (Lipinski definition) is 0. The molecule has 19 heavy (non-hydrogen) atoms. The monoisotopic (exact) mass is 293 g/mol. The number of rotatable bonds is 3. The Kier molecular flexibility index (Phi) is 4.27. The molecule has 2 nitrogen and oxygen atoms in total. The Morgan fingerprint density at radius 3 is 2.63 bits per heavy atom. The number of benzene rings is 1. The van der Waals surface area contributed by atoms with Crippen molar-refractivity contribution in [3.8, 4) is 0 Å². The van der Waals surface area contributed by atoms with Crippen molar-refractivity contribution < 1.29 is 4.74 Å². The standard InChI is InChI=1S/C15H16ClNOS/c1-9(7-12(16)18-4)8-13-17-14-10(2)5-6-11(3)15(14)19-13/h5-8H,1-4H3/b9-8+,12-7-. The maximum Gasteiger partial charge on any atom is 0.186 e. The molecular weight excluding hydrogens is 278 g/mol. The van der Waals surface area contributed by atoms with Gasteiger partial charge in [-0.1, -0.05) is 12.1 Å². The number of fused-ring (bicyclic) bond motifs is 1. The number of nitrogens with zero attached hydrogens (tertiary/aromatic N) is 1. The number of methoxy groups -OCH3 is 1. The van der Waals surface area contributed by atoms with Crippen LogP contribution in [0.3, 0.4) is 0 Å². The van der Waals surface area contributed by atoms with Crippen LogP contribution in [-0.4, -0.2) is 12.1 Å². The van der Waals surface area contributed by atoms with Crippen LogP contribution in [0.2, 0.25) is 0 Å². The molecule has 0 aliphatic carbocycles. The summed E-state index contributed by atoms with van der Waals surface area (Å²) in [5.74, 6) is 0. The number of ether oxygens (including phenoxy) is 1. The number of thiazole rings is 1. The number of halogens is 1. The molecule has 0 saturated carbocycles. The Morgan fingerprint density at radius 2 is 2.00 bits per heavy atom. The lowest BCUT2D eigenvalue weighted by atomic mass is 10.1. The molecule has 1 heterocycles. The second-order valence-corrected chi connectivity index (χ2v) is 5.87. The predicted molar refractivity (Wildman–Crippen MR) is 83.7 cm³/mol. The Balaban J connectivity index is 2.45. The van der Waals surface area contributed by atoms with Gasteiger partial charge in [0.2, 0.25) is 0 Å². The SMILES string of the molecule is CO/C(Cl)=C\C(C)=C\c1nc2c(C)ccc(C)c2s1. The highest BCUT2D eigenvalue weighted by molar-refractivity contribution is 7.19. The fraction of sp³-hybridized carbons (Fsp3) is 0.267. The van der Waals surface area contributed by atoms with Crippen molar-refractivity contribution in [2.75, 3.05) is 7.11 Å². The molecule has 4 heteroatoms. The molecule has 0 aliphatic heterocycles. The second-order valence-electron chi connectivity index (χ2n) is 4.47. The van der Waals surface area contributed by atoms with E-state index in [-0.39, 0.29) is 0 Å². The molecule has 0 spiro atoms. The molecule has 0 bridgehead atoms. The van der Waals surface area contributed by atoms with E-state index in [9.17, 15) is 0 Å². The van der Waals surface area contributed by atoms with Gasteiger partial charge in [-0.3, -0.25) is 0 Å². The van der Waals surface area contributed by atoms with Crippen LogP contribution in [0.5, 0.6) is 0 Å². The lowest BCUT2D eigenvalue weighted by Crippen LogP contribution is -1.80. The molecule has 1 aromatic carbocycles. The number of hydrogen-bond acceptors (Lipinski definition) is 3. The van der Waals surface area contributed by atoms with Gasteiger partial charge in [-0.15, -0.1) is 11.3 Å². The highest BCUT2D eigenvalue weighted by Gasteiger charge is 2.07. The van der Waals surface area contributed by atoms with Gasteiger partial charge in [-0.25, -0.2) is 4.98 Å². The van der Waals surface area contributed by atoms with Gasteiger partial charge in [0.15, 0.2) is 5.22 Å². The average molecular weight is 294 g/mol. The average Bonchev–Trinajstić information content (AvgIpc) is 2.78. The largest absolute Gasteiger partial charge is 0.486 e. The fourth-order valence-corrected chi connectivity index (χ4v) is 3.11. The molecule has 2 aromatic rings. The van der Waals surface area contributed by atoms with Crippen molar-refractivity contribution in [1.29, 1.82) is 0 Å². The summed E-state index contributed by atoms with van der Waals surface area (Å²) in [6.45, 7) is 6.18. The summed E-state index contributed by atoms with van der Waals surface area (Å²) in [6.07, 6.45) is 3.80. The summed E-state index contributed by atoms with van der Waals surface area (Å²) < 4.78 is 6.18. The van der Waals surface area contributed by atoms with Crippen LogP contribution in [0.1, 0.15) is 23.1 Å². The smallest absolute Gasteiger partial charge is 0.186 e. The Hall–Kier alpha value is -1.32.